The summed E-state index contributed by atoms with van der Waals surface area (Å²) >= 11 is 0. The molecule has 0 unspecified atom stereocenters. The highest BCUT2D eigenvalue weighted by molar-refractivity contribution is 5.94. The van der Waals surface area contributed by atoms with Crippen LogP contribution in [0.2, 0.25) is 0 Å². The number of aliphatic hydroxyl groups excluding tert-OH is 3. The van der Waals surface area contributed by atoms with Crippen molar-refractivity contribution in [3.8, 4) is 34.8 Å². The van der Waals surface area contributed by atoms with Crippen LogP contribution in [-0.2, 0) is 27.2 Å². The molecular formula is C47H51NO10. The van der Waals surface area contributed by atoms with Crippen molar-refractivity contribution in [3.05, 3.63) is 88.6 Å². The van der Waals surface area contributed by atoms with Crippen LogP contribution in [0.3, 0.4) is 0 Å². The predicted octanol–water partition coefficient (Wildman–Crippen LogP) is 6.11. The second-order valence-corrected chi connectivity index (χ2v) is 16.4. The second kappa shape index (κ2) is 16.9. The van der Waals surface area contributed by atoms with E-state index in [0.29, 0.717) is 30.1 Å². The number of carbonyl (C=O) groups is 2. The van der Waals surface area contributed by atoms with Crippen LogP contribution in [0.5, 0.6) is 23.0 Å². The van der Waals surface area contributed by atoms with Crippen molar-refractivity contribution in [1.29, 1.82) is 0 Å². The summed E-state index contributed by atoms with van der Waals surface area (Å²) in [5.74, 6) is 5.92. The van der Waals surface area contributed by atoms with Crippen molar-refractivity contribution < 1.29 is 49.3 Å². The first-order chi connectivity index (χ1) is 28.1. The zero-order valence-corrected chi connectivity index (χ0v) is 32.7. The molecule has 8 rings (SSSR count). The minimum Gasteiger partial charge on any atom is -0.504 e. The first-order valence-electron chi connectivity index (χ1n) is 20.4. The van der Waals surface area contributed by atoms with E-state index in [1.54, 1.807) is 18.2 Å². The quantitative estimate of drug-likeness (QED) is 0.0947. The molecule has 0 saturated heterocycles. The van der Waals surface area contributed by atoms with Gasteiger partial charge in [-0.15, -0.1) is 0 Å². The van der Waals surface area contributed by atoms with Gasteiger partial charge in [-0.1, -0.05) is 42.2 Å². The summed E-state index contributed by atoms with van der Waals surface area (Å²) < 4.78 is 17.1. The molecule has 2 bridgehead atoms. The molecular weight excluding hydrogens is 739 g/mol. The molecule has 3 aliphatic carbocycles. The van der Waals surface area contributed by atoms with Gasteiger partial charge in [0.25, 0.3) is 0 Å². The van der Waals surface area contributed by atoms with Gasteiger partial charge in [0, 0.05) is 42.2 Å². The van der Waals surface area contributed by atoms with Gasteiger partial charge in [-0.3, -0.25) is 9.59 Å². The number of carbonyl (C=O) groups excluding carboxylic acids is 2. The average molecular weight is 790 g/mol. The lowest BCUT2D eigenvalue weighted by molar-refractivity contribution is -0.155. The first kappa shape index (κ1) is 39.5. The Bertz CT molecular complexity index is 2280. The number of benzene rings is 3. The third-order valence-corrected chi connectivity index (χ3v) is 12.9. The van der Waals surface area contributed by atoms with Gasteiger partial charge in [0.2, 0.25) is 0 Å². The summed E-state index contributed by atoms with van der Waals surface area (Å²) in [5, 5.41) is 54.4. The van der Waals surface area contributed by atoms with Crippen LogP contribution in [0, 0.1) is 35.5 Å². The molecule has 4 aromatic rings. The highest BCUT2D eigenvalue weighted by Crippen LogP contribution is 2.57. The Morgan fingerprint density at radius 3 is 2.60 bits per heavy atom. The molecule has 2 saturated carbocycles. The van der Waals surface area contributed by atoms with Crippen molar-refractivity contribution in [2.24, 2.45) is 23.7 Å². The van der Waals surface area contributed by atoms with E-state index in [4.69, 9.17) is 14.2 Å². The molecule has 0 spiro atoms. The van der Waals surface area contributed by atoms with Crippen LogP contribution >= 0.6 is 0 Å². The largest absolute Gasteiger partial charge is 0.504 e. The van der Waals surface area contributed by atoms with E-state index in [1.807, 2.05) is 30.3 Å². The summed E-state index contributed by atoms with van der Waals surface area (Å²) in [6, 6.07) is 16.2. The van der Waals surface area contributed by atoms with Crippen LogP contribution in [0.4, 0.5) is 0 Å². The number of Topliss-reactive ketones (excluding diaryl/α,β-unsaturated/α-hetero) is 1. The number of H-pyrrole nitrogens is 1. The van der Waals surface area contributed by atoms with E-state index in [9.17, 15) is 35.1 Å². The molecule has 6 N–H and O–H groups in total. The van der Waals surface area contributed by atoms with Crippen LogP contribution in [-0.4, -0.2) is 80.9 Å². The maximum absolute atomic E-state index is 14.6. The van der Waals surface area contributed by atoms with E-state index >= 15 is 0 Å². The number of aliphatic hydroxyl groups is 3. The monoisotopic (exact) mass is 789 g/mol. The molecule has 11 nitrogen and oxygen atoms in total. The molecule has 0 radical (unpaired) electrons. The predicted molar refractivity (Wildman–Crippen MR) is 216 cm³/mol. The van der Waals surface area contributed by atoms with Crippen molar-refractivity contribution >= 4 is 28.2 Å². The zero-order chi connectivity index (χ0) is 40.5. The van der Waals surface area contributed by atoms with E-state index in [-0.39, 0.29) is 91.7 Å². The number of allylic oxidation sites excluding steroid dienone is 1. The number of ether oxygens (including phenoxy) is 3. The summed E-state index contributed by atoms with van der Waals surface area (Å²) in [6.45, 7) is -0.284. The number of cyclic esters (lactones) is 1. The van der Waals surface area contributed by atoms with Crippen LogP contribution in [0.15, 0.2) is 60.7 Å². The number of hydrogen-bond donors (Lipinski definition) is 6. The second-order valence-electron chi connectivity index (χ2n) is 16.4. The number of phenols is 2. The number of ketones is 1. The van der Waals surface area contributed by atoms with E-state index in [0.717, 1.165) is 64.5 Å². The number of phenolic OH excluding ortho intramolecular Hbond substituents is 2. The third-order valence-electron chi connectivity index (χ3n) is 12.9. The van der Waals surface area contributed by atoms with Crippen LogP contribution in [0.25, 0.3) is 16.5 Å². The van der Waals surface area contributed by atoms with Gasteiger partial charge in [0.05, 0.1) is 31.6 Å². The molecule has 1 aromatic heterocycles. The summed E-state index contributed by atoms with van der Waals surface area (Å²) in [6.07, 6.45) is 3.48. The Hall–Kier alpha value is -5.28. The topological polar surface area (TPSA) is 179 Å². The molecule has 0 amide bonds. The van der Waals surface area contributed by atoms with E-state index < -0.39 is 18.2 Å². The van der Waals surface area contributed by atoms with E-state index in [2.05, 4.69) is 22.9 Å². The van der Waals surface area contributed by atoms with Gasteiger partial charge in [-0.05, 0) is 114 Å². The number of fused-ring (bicyclic) bond motifs is 8. The maximum atomic E-state index is 14.6. The first-order valence-corrected chi connectivity index (χ1v) is 20.4. The SMILES string of the molecule is COc1cc2c(cc1O)C1=C[C@H]3CC[C@@H]4C[C@H](O)CC[C@H]4[C@@H]3[C@@H]2CC(=O)C[C@@H]([C@H](O)Cc2ccc(O)c(OCCO)c2)OC(=O)CC#CCc2c1[nH]c1ccccc21. The molecule has 11 heteroatoms. The smallest absolute Gasteiger partial charge is 0.318 e. The lowest BCUT2D eigenvalue weighted by Crippen LogP contribution is -2.42. The fourth-order valence-electron chi connectivity index (χ4n) is 10.3. The lowest BCUT2D eigenvalue weighted by atomic mass is 9.56. The Morgan fingerprint density at radius 1 is 0.948 bits per heavy atom. The minimum atomic E-state index is -1.29. The maximum Gasteiger partial charge on any atom is 0.318 e. The molecule has 3 aromatic carbocycles. The van der Waals surface area contributed by atoms with Gasteiger partial charge in [0.1, 0.15) is 24.9 Å². The number of esters is 1. The number of methoxy groups -OCH3 is 1. The Balaban J connectivity index is 1.25. The number of aromatic hydroxyl groups is 2. The number of aromatic nitrogens is 1. The minimum absolute atomic E-state index is 0.0111. The van der Waals surface area contributed by atoms with E-state index in [1.165, 1.54) is 13.2 Å². The Labute approximate surface area is 337 Å². The number of nitrogens with one attached hydrogen (secondary N) is 1. The number of hydrogen-bond acceptors (Lipinski definition) is 10. The van der Waals surface area contributed by atoms with Crippen molar-refractivity contribution in [2.45, 2.75) is 88.4 Å². The van der Waals surface area contributed by atoms with Gasteiger partial charge in [-0.2, -0.15) is 0 Å². The standard InChI is InChI=1S/C47H51NO10/c1-56-42-25-35-34(24-41(42)54)37-21-28-12-11-27-20-29(50)13-14-31(27)46(28)36(35)22-30(51)23-44(40(53)18-26-10-15-39(52)43(19-26)57-17-16-49)58-45(55)9-5-3-7-33-32-6-2-4-8-38(32)48-47(33)37/h2,4,6,8,10,15,19,21,24-25,27-29,31,36,40,44,46,48-50,52-54H,7,9,11-14,16-18,20,22-23H2,1H3/t27-,28-,29-,31-,36-,40-,44+,46-/m1/s1. The molecule has 2 fully saturated rings. The van der Waals surface area contributed by atoms with Crippen LogP contribution in [0.1, 0.15) is 85.2 Å². The molecule has 4 aliphatic rings. The van der Waals surface area contributed by atoms with Crippen LogP contribution < -0.4 is 9.47 Å². The van der Waals surface area contributed by atoms with Crippen molar-refractivity contribution in [2.75, 3.05) is 20.3 Å². The van der Waals surface area contributed by atoms with Gasteiger partial charge < -0.3 is 44.7 Å². The van der Waals surface area contributed by atoms with Gasteiger partial charge in [0.15, 0.2) is 23.0 Å². The molecule has 304 valence electrons. The average Bonchev–Trinajstić information content (AvgIpc) is 3.52. The summed E-state index contributed by atoms with van der Waals surface area (Å²) in [4.78, 5) is 31.7. The highest BCUT2D eigenvalue weighted by Gasteiger charge is 2.48. The van der Waals surface area contributed by atoms with Crippen molar-refractivity contribution in [3.63, 3.8) is 0 Å². The summed E-state index contributed by atoms with van der Waals surface area (Å²) in [5.41, 5.74) is 5.96. The number of para-hydroxylation sites is 1. The molecule has 8 atom stereocenters. The van der Waals surface area contributed by atoms with Gasteiger partial charge >= 0.3 is 5.97 Å². The Morgan fingerprint density at radius 2 is 1.78 bits per heavy atom. The zero-order valence-electron chi connectivity index (χ0n) is 32.7. The number of rotatable bonds is 7. The summed E-state index contributed by atoms with van der Waals surface area (Å²) in [7, 11) is 1.51. The number of aromatic amines is 1. The fraction of sp³-hybridized carbons (Fsp3) is 0.447. The normalized spacial score (nSPS) is 26.4. The lowest BCUT2D eigenvalue weighted by Gasteiger charge is -2.49. The molecule has 1 aliphatic heterocycles. The Kier molecular flexibility index (Phi) is 11.5. The van der Waals surface area contributed by atoms with Crippen molar-refractivity contribution in [1.82, 2.24) is 4.98 Å². The molecule has 2 heterocycles. The van der Waals surface area contributed by atoms with Gasteiger partial charge in [-0.25, -0.2) is 0 Å². The molecule has 58 heavy (non-hydrogen) atoms. The highest BCUT2D eigenvalue weighted by atomic mass is 16.6. The third kappa shape index (κ3) is 7.93. The fourth-order valence-corrected chi connectivity index (χ4v) is 10.3.